The van der Waals surface area contributed by atoms with Crippen LogP contribution in [0.4, 0.5) is 26.3 Å². The highest BCUT2D eigenvalue weighted by molar-refractivity contribution is 5.73. The first-order chi connectivity index (χ1) is 17.8. The molecule has 2 aliphatic rings. The average Bonchev–Trinajstić information content (AvgIpc) is 3.25. The Morgan fingerprint density at radius 1 is 0.947 bits per heavy atom. The lowest BCUT2D eigenvalue weighted by molar-refractivity contribution is -0.193. The van der Waals surface area contributed by atoms with Gasteiger partial charge in [-0.1, -0.05) is 6.07 Å². The quantitative estimate of drug-likeness (QED) is 0.546. The van der Waals surface area contributed by atoms with Gasteiger partial charge >= 0.3 is 24.3 Å². The molecular formula is C23H27F6N3O6. The molecule has 9 nitrogen and oxygen atoms in total. The Morgan fingerprint density at radius 2 is 1.58 bits per heavy atom. The Morgan fingerprint density at radius 3 is 2.11 bits per heavy atom. The molecule has 212 valence electrons. The van der Waals surface area contributed by atoms with Crippen molar-refractivity contribution in [2.75, 3.05) is 32.8 Å². The van der Waals surface area contributed by atoms with Gasteiger partial charge in [-0.2, -0.15) is 26.3 Å². The van der Waals surface area contributed by atoms with Crippen LogP contribution in [0.15, 0.2) is 47.3 Å². The summed E-state index contributed by atoms with van der Waals surface area (Å²) in [6.45, 7) is 6.91. The van der Waals surface area contributed by atoms with Crippen molar-refractivity contribution in [2.24, 2.45) is 5.92 Å². The fourth-order valence-corrected chi connectivity index (χ4v) is 3.84. The number of nitrogens with zero attached hydrogens (tertiary/aromatic N) is 3. The number of pyridine rings is 1. The van der Waals surface area contributed by atoms with Crippen molar-refractivity contribution in [3.8, 4) is 0 Å². The van der Waals surface area contributed by atoms with Crippen LogP contribution >= 0.6 is 0 Å². The molecule has 2 N–H and O–H groups in total. The smallest absolute Gasteiger partial charge is 0.475 e. The zero-order valence-electron chi connectivity index (χ0n) is 20.0. The molecule has 15 heteroatoms. The lowest BCUT2D eigenvalue weighted by Crippen LogP contribution is -2.46. The van der Waals surface area contributed by atoms with Crippen LogP contribution in [0.2, 0.25) is 0 Å². The van der Waals surface area contributed by atoms with E-state index in [0.29, 0.717) is 12.0 Å². The van der Waals surface area contributed by atoms with E-state index in [0.717, 1.165) is 51.6 Å². The van der Waals surface area contributed by atoms with Crippen LogP contribution < -0.4 is 0 Å². The van der Waals surface area contributed by atoms with Crippen molar-refractivity contribution < 1.29 is 55.3 Å². The maximum Gasteiger partial charge on any atom is 0.490 e. The van der Waals surface area contributed by atoms with E-state index in [4.69, 9.17) is 29.0 Å². The summed E-state index contributed by atoms with van der Waals surface area (Å²) < 4.78 is 75.2. The highest BCUT2D eigenvalue weighted by Gasteiger charge is 2.39. The first-order valence-electron chi connectivity index (χ1n) is 11.3. The van der Waals surface area contributed by atoms with Gasteiger partial charge in [-0.05, 0) is 36.7 Å². The third kappa shape index (κ3) is 11.1. The predicted molar refractivity (Wildman–Crippen MR) is 119 cm³/mol. The molecule has 2 saturated heterocycles. The van der Waals surface area contributed by atoms with Crippen LogP contribution in [0.5, 0.6) is 0 Å². The van der Waals surface area contributed by atoms with Crippen LogP contribution in [-0.4, -0.2) is 88.2 Å². The van der Waals surface area contributed by atoms with Gasteiger partial charge in [-0.3, -0.25) is 14.8 Å². The molecule has 0 saturated carbocycles. The number of alkyl halides is 6. The van der Waals surface area contributed by atoms with Crippen molar-refractivity contribution in [3.63, 3.8) is 0 Å². The van der Waals surface area contributed by atoms with Gasteiger partial charge < -0.3 is 19.4 Å². The molecule has 0 amide bonds. The first kappa shape index (κ1) is 31.1. The van der Waals surface area contributed by atoms with Crippen LogP contribution in [-0.2, 0) is 27.4 Å². The molecule has 0 spiro atoms. The maximum atomic E-state index is 10.6. The highest BCUT2D eigenvalue weighted by Crippen LogP contribution is 2.26. The van der Waals surface area contributed by atoms with Crippen molar-refractivity contribution in [1.29, 1.82) is 0 Å². The molecule has 4 rings (SSSR count). The van der Waals surface area contributed by atoms with Crippen LogP contribution in [0.3, 0.4) is 0 Å². The lowest BCUT2D eigenvalue weighted by atomic mass is 9.93. The van der Waals surface area contributed by atoms with Gasteiger partial charge in [0.1, 0.15) is 5.76 Å². The first-order valence-corrected chi connectivity index (χ1v) is 11.3. The molecular weight excluding hydrogens is 528 g/mol. The third-order valence-electron chi connectivity index (χ3n) is 5.59. The number of carboxylic acid groups (broad SMARTS) is 2. The van der Waals surface area contributed by atoms with Gasteiger partial charge in [-0.25, -0.2) is 9.59 Å². The second kappa shape index (κ2) is 14.1. The molecule has 0 radical (unpaired) electrons. The third-order valence-corrected chi connectivity index (χ3v) is 5.59. The topological polar surface area (TPSA) is 116 Å². The van der Waals surface area contributed by atoms with Gasteiger partial charge in [0.05, 0.1) is 25.5 Å². The van der Waals surface area contributed by atoms with Crippen molar-refractivity contribution in [3.05, 3.63) is 54.2 Å². The summed E-state index contributed by atoms with van der Waals surface area (Å²) in [7, 11) is 0. The van der Waals surface area contributed by atoms with E-state index in [1.807, 2.05) is 24.5 Å². The molecule has 0 unspecified atom stereocenters. The molecule has 2 aromatic heterocycles. The number of carboxylic acids is 2. The molecule has 4 heterocycles. The van der Waals surface area contributed by atoms with E-state index < -0.39 is 24.3 Å². The van der Waals surface area contributed by atoms with E-state index in [1.165, 1.54) is 12.0 Å². The minimum Gasteiger partial charge on any atom is -0.475 e. The normalized spacial score (nSPS) is 20.6. The maximum absolute atomic E-state index is 10.6. The average molecular weight is 555 g/mol. The SMILES string of the molecule is O=C(O)C(F)(F)F.O=C(O)C(F)(F)F.c1cncc(CN2CCO[C@@H]3CN(Cc4ccco4)CC[C@@H]3C2)c1. The summed E-state index contributed by atoms with van der Waals surface area (Å²) in [5.74, 6) is -3.85. The van der Waals surface area contributed by atoms with E-state index in [2.05, 4.69) is 26.9 Å². The minimum absolute atomic E-state index is 0.340. The summed E-state index contributed by atoms with van der Waals surface area (Å²) in [6.07, 6.45) is -3.09. The summed E-state index contributed by atoms with van der Waals surface area (Å²) in [5.41, 5.74) is 1.28. The van der Waals surface area contributed by atoms with Gasteiger partial charge in [0.2, 0.25) is 0 Å². The number of furan rings is 1. The lowest BCUT2D eigenvalue weighted by Gasteiger charge is -2.37. The number of hydrogen-bond donors (Lipinski definition) is 2. The monoisotopic (exact) mass is 555 g/mol. The molecule has 0 bridgehead atoms. The molecule has 38 heavy (non-hydrogen) atoms. The number of aliphatic carboxylic acids is 2. The van der Waals surface area contributed by atoms with E-state index in [9.17, 15) is 26.3 Å². The summed E-state index contributed by atoms with van der Waals surface area (Å²) in [4.78, 5) is 27.0. The Hall–Kier alpha value is -3.17. The van der Waals surface area contributed by atoms with E-state index >= 15 is 0 Å². The van der Waals surface area contributed by atoms with Crippen LogP contribution in [0.1, 0.15) is 17.7 Å². The number of piperidine rings is 1. The zero-order chi connectivity index (χ0) is 28.3. The second-order valence-electron chi connectivity index (χ2n) is 8.47. The van der Waals surface area contributed by atoms with Gasteiger partial charge in [-0.15, -0.1) is 0 Å². The number of halogens is 6. The number of aromatic nitrogens is 1. The van der Waals surface area contributed by atoms with Crippen molar-refractivity contribution >= 4 is 11.9 Å². The Bertz CT molecular complexity index is 964. The van der Waals surface area contributed by atoms with Crippen molar-refractivity contribution in [2.45, 2.75) is 38.0 Å². The van der Waals surface area contributed by atoms with E-state index in [-0.39, 0.29) is 0 Å². The molecule has 2 fully saturated rings. The van der Waals surface area contributed by atoms with Crippen LogP contribution in [0.25, 0.3) is 0 Å². The Balaban J connectivity index is 0.000000301. The fourth-order valence-electron chi connectivity index (χ4n) is 3.84. The predicted octanol–water partition coefficient (Wildman–Crippen LogP) is 3.66. The molecule has 2 aromatic rings. The molecule has 2 atom stereocenters. The fraction of sp³-hybridized carbons (Fsp3) is 0.522. The molecule has 2 aliphatic heterocycles. The Labute approximate surface area is 213 Å². The van der Waals surface area contributed by atoms with Gasteiger partial charge in [0.15, 0.2) is 0 Å². The second-order valence-corrected chi connectivity index (χ2v) is 8.47. The number of fused-ring (bicyclic) bond motifs is 1. The van der Waals surface area contributed by atoms with Gasteiger partial charge in [0, 0.05) is 44.5 Å². The summed E-state index contributed by atoms with van der Waals surface area (Å²) in [5, 5.41) is 14.2. The van der Waals surface area contributed by atoms with Crippen molar-refractivity contribution in [1.82, 2.24) is 14.8 Å². The number of likely N-dealkylation sites (tertiary alicyclic amines) is 1. The number of rotatable bonds is 4. The standard InChI is InChI=1S/C19H25N3O2.2C2HF3O2/c1-3-16(11-20-6-1)12-22-8-10-24-19-15-21(7-5-17(19)13-22)14-18-4-2-9-23-18;2*3-2(4,5)1(6)7/h1-4,6,9,11,17,19H,5,7-8,10,12-15H2;2*(H,6,7)/t17-,19-;;/m1../s1. The summed E-state index contributed by atoms with van der Waals surface area (Å²) in [6, 6.07) is 8.18. The Kier molecular flexibility index (Phi) is 11.5. The van der Waals surface area contributed by atoms with E-state index in [1.54, 1.807) is 6.26 Å². The number of ether oxygens (including phenoxy) is 1. The van der Waals surface area contributed by atoms with Crippen LogP contribution in [0, 0.1) is 5.92 Å². The minimum atomic E-state index is -5.08. The highest BCUT2D eigenvalue weighted by atomic mass is 19.4. The number of hydrogen-bond acceptors (Lipinski definition) is 7. The molecule has 0 aromatic carbocycles. The van der Waals surface area contributed by atoms with Gasteiger partial charge in [0.25, 0.3) is 0 Å². The molecule has 0 aliphatic carbocycles. The largest absolute Gasteiger partial charge is 0.490 e. The zero-order valence-corrected chi connectivity index (χ0v) is 20.0. The number of carbonyl (C=O) groups is 2. The summed E-state index contributed by atoms with van der Waals surface area (Å²) >= 11 is 0.